The minimum atomic E-state index is -0.0774. The monoisotopic (exact) mass is 242 g/mol. The molecule has 1 rings (SSSR count). The van der Waals surface area contributed by atoms with Crippen LogP contribution in [0.3, 0.4) is 0 Å². The third kappa shape index (κ3) is 3.33. The fraction of sp³-hybridized carbons (Fsp3) is 0.917. The minimum Gasteiger partial charge on any atom is -0.382 e. The summed E-state index contributed by atoms with van der Waals surface area (Å²) < 4.78 is 5.28. The zero-order valence-electron chi connectivity index (χ0n) is 11.6. The second-order valence-corrected chi connectivity index (χ2v) is 4.78. The maximum absolute atomic E-state index is 5.96. The molecule has 1 atom stereocenters. The highest BCUT2D eigenvalue weighted by Gasteiger charge is 2.37. The molecule has 2 N–H and O–H groups in total. The van der Waals surface area contributed by atoms with Crippen molar-refractivity contribution in [1.29, 1.82) is 0 Å². The first-order valence-electron chi connectivity index (χ1n) is 6.36. The molecule has 0 saturated carbocycles. The Balaban J connectivity index is 2.56. The summed E-state index contributed by atoms with van der Waals surface area (Å²) in [5, 5.41) is 0. The molecule has 0 spiro atoms. The van der Waals surface area contributed by atoms with Crippen molar-refractivity contribution in [1.82, 2.24) is 9.80 Å². The number of hydrogen-bond donors (Lipinski definition) is 1. The Morgan fingerprint density at radius 1 is 1.47 bits per heavy atom. The average molecular weight is 242 g/mol. The summed E-state index contributed by atoms with van der Waals surface area (Å²) in [6.07, 6.45) is 0. The SMILES string of the molecule is CCN(CC)CCN1C(N)=NCC1(C)COC. The summed E-state index contributed by atoms with van der Waals surface area (Å²) in [6.45, 7) is 12.0. The van der Waals surface area contributed by atoms with Gasteiger partial charge in [-0.25, -0.2) is 0 Å². The summed E-state index contributed by atoms with van der Waals surface area (Å²) >= 11 is 0. The van der Waals surface area contributed by atoms with Crippen LogP contribution in [0.25, 0.3) is 0 Å². The molecule has 17 heavy (non-hydrogen) atoms. The maximum Gasteiger partial charge on any atom is 0.191 e. The van der Waals surface area contributed by atoms with Gasteiger partial charge in [0.25, 0.3) is 0 Å². The Bertz CT molecular complexity index is 265. The van der Waals surface area contributed by atoms with Crippen LogP contribution in [0.1, 0.15) is 20.8 Å². The normalized spacial score (nSPS) is 24.5. The van der Waals surface area contributed by atoms with E-state index >= 15 is 0 Å². The van der Waals surface area contributed by atoms with Crippen molar-refractivity contribution >= 4 is 5.96 Å². The fourth-order valence-electron chi connectivity index (χ4n) is 2.30. The Kier molecular flexibility index (Phi) is 5.21. The van der Waals surface area contributed by atoms with Crippen molar-refractivity contribution in [2.75, 3.05) is 46.4 Å². The van der Waals surface area contributed by atoms with Crippen LogP contribution in [0.5, 0.6) is 0 Å². The Morgan fingerprint density at radius 2 is 2.12 bits per heavy atom. The van der Waals surface area contributed by atoms with Crippen LogP contribution in [0, 0.1) is 0 Å². The molecule has 5 heteroatoms. The van der Waals surface area contributed by atoms with Crippen molar-refractivity contribution in [3.05, 3.63) is 0 Å². The van der Waals surface area contributed by atoms with E-state index in [9.17, 15) is 0 Å². The van der Waals surface area contributed by atoms with Crippen LogP contribution in [0.2, 0.25) is 0 Å². The summed E-state index contributed by atoms with van der Waals surface area (Å²) in [5.74, 6) is 0.650. The first-order valence-corrected chi connectivity index (χ1v) is 6.36. The number of nitrogens with zero attached hydrogens (tertiary/aromatic N) is 3. The van der Waals surface area contributed by atoms with Crippen LogP contribution in [-0.2, 0) is 4.74 Å². The van der Waals surface area contributed by atoms with E-state index in [1.54, 1.807) is 7.11 Å². The highest BCUT2D eigenvalue weighted by Crippen LogP contribution is 2.21. The van der Waals surface area contributed by atoms with Gasteiger partial charge in [-0.05, 0) is 20.0 Å². The number of nitrogens with two attached hydrogens (primary N) is 1. The van der Waals surface area contributed by atoms with E-state index in [0.717, 1.165) is 32.7 Å². The maximum atomic E-state index is 5.96. The predicted molar refractivity (Wildman–Crippen MR) is 71.3 cm³/mol. The number of likely N-dealkylation sites (N-methyl/N-ethyl adjacent to an activating group) is 1. The molecule has 0 bridgehead atoms. The lowest BCUT2D eigenvalue weighted by atomic mass is 10.0. The zero-order valence-corrected chi connectivity index (χ0v) is 11.6. The molecule has 1 heterocycles. The standard InChI is InChI=1S/C12H26N4O/c1-5-15(6-2)7-8-16-11(13)14-9-12(16,3)10-17-4/h5-10H2,1-4H3,(H2,13,14). The molecule has 0 aliphatic carbocycles. The van der Waals surface area contributed by atoms with Crippen molar-refractivity contribution in [3.63, 3.8) is 0 Å². The Labute approximate surface area is 105 Å². The van der Waals surface area contributed by atoms with Crippen molar-refractivity contribution in [2.45, 2.75) is 26.3 Å². The smallest absolute Gasteiger partial charge is 0.191 e. The summed E-state index contributed by atoms with van der Waals surface area (Å²) in [4.78, 5) is 8.90. The van der Waals surface area contributed by atoms with Gasteiger partial charge in [-0.1, -0.05) is 13.8 Å². The number of rotatable bonds is 7. The second-order valence-electron chi connectivity index (χ2n) is 4.78. The molecule has 1 unspecified atom stereocenters. The van der Waals surface area contributed by atoms with Crippen molar-refractivity contribution in [2.24, 2.45) is 10.7 Å². The molecule has 0 amide bonds. The number of aliphatic imine (C=N–C) groups is 1. The zero-order chi connectivity index (χ0) is 12.9. The van der Waals surface area contributed by atoms with Gasteiger partial charge in [0.05, 0.1) is 18.7 Å². The Morgan fingerprint density at radius 3 is 2.65 bits per heavy atom. The molecule has 5 nitrogen and oxygen atoms in total. The quantitative estimate of drug-likeness (QED) is 0.700. The van der Waals surface area contributed by atoms with Gasteiger partial charge in [-0.2, -0.15) is 0 Å². The van der Waals surface area contributed by atoms with E-state index in [0.29, 0.717) is 12.6 Å². The molecule has 0 aromatic carbocycles. The van der Waals surface area contributed by atoms with E-state index in [4.69, 9.17) is 10.5 Å². The fourth-order valence-corrected chi connectivity index (χ4v) is 2.30. The van der Waals surface area contributed by atoms with Gasteiger partial charge >= 0.3 is 0 Å². The van der Waals surface area contributed by atoms with Crippen LogP contribution >= 0.6 is 0 Å². The number of methoxy groups -OCH3 is 1. The van der Waals surface area contributed by atoms with Crippen molar-refractivity contribution in [3.8, 4) is 0 Å². The molecule has 0 saturated heterocycles. The van der Waals surface area contributed by atoms with Crippen LogP contribution < -0.4 is 5.73 Å². The highest BCUT2D eigenvalue weighted by atomic mass is 16.5. The highest BCUT2D eigenvalue weighted by molar-refractivity contribution is 5.81. The molecule has 0 aromatic rings. The van der Waals surface area contributed by atoms with Crippen LogP contribution in [-0.4, -0.2) is 67.7 Å². The van der Waals surface area contributed by atoms with E-state index < -0.39 is 0 Å². The summed E-state index contributed by atoms with van der Waals surface area (Å²) in [7, 11) is 1.72. The average Bonchev–Trinajstić information content (AvgIpc) is 2.58. The van der Waals surface area contributed by atoms with E-state index in [-0.39, 0.29) is 5.54 Å². The third-order valence-corrected chi connectivity index (χ3v) is 3.50. The third-order valence-electron chi connectivity index (χ3n) is 3.50. The molecule has 0 radical (unpaired) electrons. The van der Waals surface area contributed by atoms with Gasteiger partial charge in [0.2, 0.25) is 0 Å². The summed E-state index contributed by atoms with van der Waals surface area (Å²) in [6, 6.07) is 0. The molecule has 1 aliphatic heterocycles. The van der Waals surface area contributed by atoms with Gasteiger partial charge in [0.1, 0.15) is 0 Å². The van der Waals surface area contributed by atoms with Gasteiger partial charge < -0.3 is 20.3 Å². The lowest BCUT2D eigenvalue weighted by Crippen LogP contribution is -2.54. The predicted octanol–water partition coefficient (Wildman–Crippen LogP) is 0.364. The lowest BCUT2D eigenvalue weighted by molar-refractivity contribution is 0.0736. The summed E-state index contributed by atoms with van der Waals surface area (Å²) in [5.41, 5.74) is 5.88. The second kappa shape index (κ2) is 6.21. The van der Waals surface area contributed by atoms with Gasteiger partial charge in [0.15, 0.2) is 5.96 Å². The minimum absolute atomic E-state index is 0.0774. The molecular weight excluding hydrogens is 216 g/mol. The molecule has 0 fully saturated rings. The van der Waals surface area contributed by atoms with E-state index in [1.807, 2.05) is 0 Å². The van der Waals surface area contributed by atoms with Crippen LogP contribution in [0.4, 0.5) is 0 Å². The number of ether oxygens (including phenoxy) is 1. The number of guanidine groups is 1. The number of hydrogen-bond acceptors (Lipinski definition) is 5. The first-order chi connectivity index (χ1) is 8.07. The molecule has 0 aromatic heterocycles. The van der Waals surface area contributed by atoms with Crippen molar-refractivity contribution < 1.29 is 4.74 Å². The Hall–Kier alpha value is -0.810. The lowest BCUT2D eigenvalue weighted by Gasteiger charge is -2.36. The van der Waals surface area contributed by atoms with E-state index in [1.165, 1.54) is 0 Å². The first kappa shape index (κ1) is 14.3. The van der Waals surface area contributed by atoms with Gasteiger partial charge in [0, 0.05) is 20.2 Å². The molecule has 1 aliphatic rings. The van der Waals surface area contributed by atoms with Gasteiger partial charge in [-0.3, -0.25) is 4.99 Å². The topological polar surface area (TPSA) is 54.1 Å². The van der Waals surface area contributed by atoms with Crippen LogP contribution in [0.15, 0.2) is 4.99 Å². The largest absolute Gasteiger partial charge is 0.382 e. The molecule has 100 valence electrons. The van der Waals surface area contributed by atoms with Gasteiger partial charge in [-0.15, -0.1) is 0 Å². The van der Waals surface area contributed by atoms with E-state index in [2.05, 4.69) is 35.6 Å². The molecular formula is C12H26N4O.